The first-order valence-electron chi connectivity index (χ1n) is 7.27. The van der Waals surface area contributed by atoms with Crippen LogP contribution in [0.3, 0.4) is 0 Å². The highest BCUT2D eigenvalue weighted by molar-refractivity contribution is 6.53. The molecule has 0 aliphatic carbocycles. The monoisotopic (exact) mass is 208 g/mol. The highest BCUT2D eigenvalue weighted by atomic mass is 14.2. The van der Waals surface area contributed by atoms with E-state index in [1.54, 1.807) is 7.28 Å². The molecule has 0 spiro atoms. The molecular weight excluding hydrogens is 179 g/mol. The van der Waals surface area contributed by atoms with Crippen molar-refractivity contribution in [2.75, 3.05) is 0 Å². The fourth-order valence-corrected chi connectivity index (χ4v) is 2.62. The molecule has 0 nitrogen and oxygen atoms in total. The summed E-state index contributed by atoms with van der Waals surface area (Å²) in [5.41, 5.74) is 0. The first-order valence-corrected chi connectivity index (χ1v) is 7.27. The van der Waals surface area contributed by atoms with Crippen LogP contribution in [0.25, 0.3) is 0 Å². The molecule has 3 unspecified atom stereocenters. The summed E-state index contributed by atoms with van der Waals surface area (Å²) in [5.74, 6) is 3.20. The first-order chi connectivity index (χ1) is 7.27. The minimum atomic E-state index is 0.956. The largest absolute Gasteiger partial charge is 0.126 e. The molecule has 1 rings (SSSR count). The third-order valence-corrected chi connectivity index (χ3v) is 4.31. The van der Waals surface area contributed by atoms with Crippen molar-refractivity contribution in [3.05, 3.63) is 0 Å². The molecule has 1 aliphatic rings. The molecule has 0 amide bonds. The highest BCUT2D eigenvalue weighted by Gasteiger charge is 2.35. The number of rotatable bonds is 9. The quantitative estimate of drug-likeness (QED) is 0.376. The second-order valence-corrected chi connectivity index (χ2v) is 5.67. The van der Waals surface area contributed by atoms with Crippen molar-refractivity contribution < 1.29 is 0 Å². The molecule has 1 aliphatic heterocycles. The molecule has 88 valence electrons. The topological polar surface area (TPSA) is 0 Å². The van der Waals surface area contributed by atoms with Gasteiger partial charge in [-0.1, -0.05) is 83.8 Å². The van der Waals surface area contributed by atoms with Crippen molar-refractivity contribution in [1.82, 2.24) is 0 Å². The molecule has 0 aromatic carbocycles. The van der Waals surface area contributed by atoms with Gasteiger partial charge in [0.1, 0.15) is 7.28 Å². The van der Waals surface area contributed by atoms with Crippen LogP contribution in [0.1, 0.15) is 72.1 Å². The Kier molecular flexibility index (Phi) is 6.44. The average Bonchev–Trinajstić information content (AvgIpc) is 3.01. The van der Waals surface area contributed by atoms with E-state index in [0.717, 1.165) is 17.6 Å². The predicted molar refractivity (Wildman–Crippen MR) is 72.1 cm³/mol. The van der Waals surface area contributed by atoms with Gasteiger partial charge in [-0.05, 0) is 5.92 Å². The maximum Gasteiger partial charge on any atom is 0.126 e. The van der Waals surface area contributed by atoms with E-state index in [1.807, 2.05) is 0 Å². The van der Waals surface area contributed by atoms with Gasteiger partial charge in [-0.3, -0.25) is 0 Å². The van der Waals surface area contributed by atoms with Crippen LogP contribution in [-0.2, 0) is 0 Å². The van der Waals surface area contributed by atoms with Crippen LogP contribution in [0.2, 0.25) is 11.6 Å². The lowest BCUT2D eigenvalue weighted by Crippen LogP contribution is -1.91. The van der Waals surface area contributed by atoms with Gasteiger partial charge in [0.25, 0.3) is 0 Å². The number of unbranched alkanes of at least 4 members (excludes halogenated alkanes) is 3. The summed E-state index contributed by atoms with van der Waals surface area (Å²) in [6.07, 6.45) is 11.7. The zero-order valence-corrected chi connectivity index (χ0v) is 11.1. The van der Waals surface area contributed by atoms with E-state index < -0.39 is 0 Å². The molecule has 1 heterocycles. The fraction of sp³-hybridized carbons (Fsp3) is 1.00. The Hall–Kier alpha value is 0.0649. The molecule has 0 bridgehead atoms. The van der Waals surface area contributed by atoms with Crippen LogP contribution in [0.5, 0.6) is 0 Å². The van der Waals surface area contributed by atoms with E-state index in [-0.39, 0.29) is 0 Å². The standard InChI is InChI=1S/C14H29B/c1-4-12(3)10-8-6-7-9-11-14-13(5-2)15-14/h12-15H,4-11H2,1-3H3. The van der Waals surface area contributed by atoms with Crippen LogP contribution in [0.4, 0.5) is 0 Å². The molecule has 15 heavy (non-hydrogen) atoms. The minimum absolute atomic E-state index is 0.956. The van der Waals surface area contributed by atoms with Gasteiger partial charge >= 0.3 is 0 Å². The van der Waals surface area contributed by atoms with Crippen LogP contribution < -0.4 is 0 Å². The van der Waals surface area contributed by atoms with Gasteiger partial charge in [-0.25, -0.2) is 0 Å². The number of hydrogen-bond acceptors (Lipinski definition) is 0. The Morgan fingerprint density at radius 3 is 2.33 bits per heavy atom. The third-order valence-electron chi connectivity index (χ3n) is 4.31. The van der Waals surface area contributed by atoms with Crippen LogP contribution in [-0.4, -0.2) is 7.28 Å². The Morgan fingerprint density at radius 2 is 1.73 bits per heavy atom. The SMILES string of the molecule is CCC(C)CCCCCCC1BC1CC. The lowest BCUT2D eigenvalue weighted by atomic mass is 9.95. The second kappa shape index (κ2) is 7.36. The van der Waals surface area contributed by atoms with Crippen molar-refractivity contribution in [3.8, 4) is 0 Å². The average molecular weight is 208 g/mol. The van der Waals surface area contributed by atoms with Crippen molar-refractivity contribution >= 4 is 7.28 Å². The van der Waals surface area contributed by atoms with Gasteiger partial charge < -0.3 is 0 Å². The molecule has 0 aromatic heterocycles. The third kappa shape index (κ3) is 5.63. The summed E-state index contributed by atoms with van der Waals surface area (Å²) < 4.78 is 0. The van der Waals surface area contributed by atoms with Gasteiger partial charge in [0, 0.05) is 0 Å². The van der Waals surface area contributed by atoms with Gasteiger partial charge in [0.2, 0.25) is 0 Å². The van der Waals surface area contributed by atoms with Crippen molar-refractivity contribution in [2.24, 2.45) is 5.92 Å². The second-order valence-electron chi connectivity index (χ2n) is 5.67. The van der Waals surface area contributed by atoms with E-state index in [2.05, 4.69) is 20.8 Å². The first kappa shape index (κ1) is 13.1. The fourth-order valence-electron chi connectivity index (χ4n) is 2.62. The molecule has 0 N–H and O–H groups in total. The van der Waals surface area contributed by atoms with E-state index >= 15 is 0 Å². The molecule has 0 radical (unpaired) electrons. The maximum atomic E-state index is 2.38. The van der Waals surface area contributed by atoms with Gasteiger partial charge in [0.05, 0.1) is 0 Å². The summed E-state index contributed by atoms with van der Waals surface area (Å²) >= 11 is 0. The predicted octanol–water partition coefficient (Wildman–Crippen LogP) is 4.81. The van der Waals surface area contributed by atoms with Gasteiger partial charge in [-0.2, -0.15) is 0 Å². The molecule has 1 heteroatoms. The smallest absolute Gasteiger partial charge is 0.0695 e. The summed E-state index contributed by atoms with van der Waals surface area (Å²) in [7, 11) is 1.55. The van der Waals surface area contributed by atoms with Gasteiger partial charge in [0.15, 0.2) is 0 Å². The highest BCUT2D eigenvalue weighted by Crippen LogP contribution is 2.47. The lowest BCUT2D eigenvalue weighted by molar-refractivity contribution is 0.472. The van der Waals surface area contributed by atoms with Gasteiger partial charge in [-0.15, -0.1) is 0 Å². The zero-order chi connectivity index (χ0) is 11.1. The summed E-state index contributed by atoms with van der Waals surface area (Å²) in [4.78, 5) is 0. The van der Waals surface area contributed by atoms with E-state index in [1.165, 1.54) is 51.4 Å². The summed E-state index contributed by atoms with van der Waals surface area (Å²) in [6.45, 7) is 7.04. The van der Waals surface area contributed by atoms with Crippen molar-refractivity contribution in [2.45, 2.75) is 83.8 Å². The molecule has 3 atom stereocenters. The zero-order valence-electron chi connectivity index (χ0n) is 11.1. The van der Waals surface area contributed by atoms with Crippen LogP contribution in [0, 0.1) is 5.92 Å². The van der Waals surface area contributed by atoms with Crippen molar-refractivity contribution in [3.63, 3.8) is 0 Å². The Labute approximate surface area is 97.5 Å². The summed E-state index contributed by atoms with van der Waals surface area (Å²) in [5, 5.41) is 0. The molecular formula is C14H29B. The molecule has 1 saturated heterocycles. The molecule has 0 aromatic rings. The van der Waals surface area contributed by atoms with Crippen LogP contribution >= 0.6 is 0 Å². The number of hydrogen-bond donors (Lipinski definition) is 0. The Bertz CT molecular complexity index is 155. The normalized spacial score (nSPS) is 26.1. The minimum Gasteiger partial charge on any atom is -0.0695 e. The summed E-state index contributed by atoms with van der Waals surface area (Å²) in [6, 6.07) is 0. The molecule has 0 saturated carbocycles. The van der Waals surface area contributed by atoms with Crippen LogP contribution in [0.15, 0.2) is 0 Å². The maximum absolute atomic E-state index is 2.38. The Balaban J connectivity index is 1.78. The lowest BCUT2D eigenvalue weighted by Gasteiger charge is -2.07. The van der Waals surface area contributed by atoms with E-state index in [9.17, 15) is 0 Å². The van der Waals surface area contributed by atoms with E-state index in [4.69, 9.17) is 0 Å². The molecule has 1 fully saturated rings. The van der Waals surface area contributed by atoms with Crippen molar-refractivity contribution in [1.29, 1.82) is 0 Å². The van der Waals surface area contributed by atoms with E-state index in [0.29, 0.717) is 0 Å². The Morgan fingerprint density at radius 1 is 1.00 bits per heavy atom.